The number of aryl methyl sites for hydroxylation is 1. The zero-order chi connectivity index (χ0) is 24.2. The molecular weight excluding hydrogens is 438 g/mol. The van der Waals surface area contributed by atoms with Crippen LogP contribution in [-0.2, 0) is 16.1 Å². The molecule has 1 atom stereocenters. The molecule has 3 heterocycles. The molecule has 0 amide bonds. The fourth-order valence-corrected chi connectivity index (χ4v) is 4.46. The molecule has 4 rings (SSSR count). The lowest BCUT2D eigenvalue weighted by Crippen LogP contribution is -2.49. The van der Waals surface area contributed by atoms with Crippen LogP contribution in [0.3, 0.4) is 0 Å². The number of carboxylic acid groups (broad SMARTS) is 2. The zero-order valence-electron chi connectivity index (χ0n) is 18.7. The van der Waals surface area contributed by atoms with Gasteiger partial charge in [-0.3, -0.25) is 14.5 Å². The van der Waals surface area contributed by atoms with Crippen molar-refractivity contribution in [1.82, 2.24) is 14.5 Å². The lowest BCUT2D eigenvalue weighted by molar-refractivity contribution is -0.143. The van der Waals surface area contributed by atoms with E-state index in [0.29, 0.717) is 48.9 Å². The van der Waals surface area contributed by atoms with E-state index in [1.165, 1.54) is 0 Å². The van der Waals surface area contributed by atoms with Gasteiger partial charge in [0, 0.05) is 61.6 Å². The van der Waals surface area contributed by atoms with Gasteiger partial charge in [0.15, 0.2) is 0 Å². The number of fused-ring (bicyclic) bond motifs is 1. The second kappa shape index (κ2) is 9.80. The van der Waals surface area contributed by atoms with Crippen molar-refractivity contribution in [3.8, 4) is 11.8 Å². The Morgan fingerprint density at radius 1 is 1.21 bits per heavy atom. The molecular formula is C24H25N5O5. The normalized spacial score (nSPS) is 15.1. The number of methoxy groups -OCH3 is 1. The summed E-state index contributed by atoms with van der Waals surface area (Å²) in [5.41, 5.74) is 1.84. The zero-order valence-corrected chi connectivity index (χ0v) is 18.7. The van der Waals surface area contributed by atoms with Crippen LogP contribution < -0.4 is 9.64 Å². The maximum absolute atomic E-state index is 12.5. The molecule has 2 aromatic heterocycles. The molecule has 1 fully saturated rings. The number of aliphatic carboxylic acids is 2. The minimum Gasteiger partial charge on any atom is -0.497 e. The predicted molar refractivity (Wildman–Crippen MR) is 124 cm³/mol. The third-order valence-electron chi connectivity index (χ3n) is 6.10. The van der Waals surface area contributed by atoms with Gasteiger partial charge in [0.05, 0.1) is 19.1 Å². The van der Waals surface area contributed by atoms with Gasteiger partial charge in [-0.2, -0.15) is 5.26 Å². The van der Waals surface area contributed by atoms with Crippen LogP contribution in [0.1, 0.15) is 23.6 Å². The number of pyridine rings is 1. The highest BCUT2D eigenvalue weighted by Gasteiger charge is 2.33. The first-order chi connectivity index (χ1) is 16.4. The molecule has 1 saturated heterocycles. The van der Waals surface area contributed by atoms with E-state index in [1.807, 2.05) is 15.9 Å². The first-order valence-electron chi connectivity index (χ1n) is 10.9. The quantitative estimate of drug-likeness (QED) is 0.516. The molecule has 0 aliphatic carbocycles. The van der Waals surface area contributed by atoms with Crippen molar-refractivity contribution in [2.75, 3.05) is 38.2 Å². The van der Waals surface area contributed by atoms with Crippen LogP contribution in [0.5, 0.6) is 5.75 Å². The summed E-state index contributed by atoms with van der Waals surface area (Å²) in [5.74, 6) is -0.706. The van der Waals surface area contributed by atoms with E-state index in [9.17, 15) is 20.0 Å². The van der Waals surface area contributed by atoms with Crippen LogP contribution >= 0.6 is 0 Å². The number of rotatable bonds is 8. The largest absolute Gasteiger partial charge is 0.497 e. The number of hydrogen-bond donors (Lipinski definition) is 2. The molecule has 176 valence electrons. The Labute approximate surface area is 196 Å². The number of nitrogens with zero attached hydrogens (tertiary/aromatic N) is 5. The Hall–Kier alpha value is -4.10. The van der Waals surface area contributed by atoms with E-state index >= 15 is 0 Å². The Kier molecular flexibility index (Phi) is 6.65. The fraction of sp³-hybridized carbons (Fsp3) is 0.333. The Balaban J connectivity index is 1.65. The van der Waals surface area contributed by atoms with Crippen LogP contribution in [0.4, 0.5) is 5.82 Å². The number of carboxylic acids is 2. The number of carbonyl (C=O) groups is 2. The Morgan fingerprint density at radius 2 is 1.97 bits per heavy atom. The second-order valence-electron chi connectivity index (χ2n) is 8.05. The summed E-state index contributed by atoms with van der Waals surface area (Å²) in [5, 5.41) is 29.4. The summed E-state index contributed by atoms with van der Waals surface area (Å²) in [6.07, 6.45) is 3.31. The van der Waals surface area contributed by atoms with Gasteiger partial charge in [0.25, 0.3) is 0 Å². The van der Waals surface area contributed by atoms with E-state index in [-0.39, 0.29) is 13.0 Å². The van der Waals surface area contributed by atoms with E-state index in [1.54, 1.807) is 48.3 Å². The van der Waals surface area contributed by atoms with Gasteiger partial charge in [-0.05, 0) is 30.3 Å². The van der Waals surface area contributed by atoms with Crippen molar-refractivity contribution in [3.05, 3.63) is 53.9 Å². The molecule has 10 heteroatoms. The highest BCUT2D eigenvalue weighted by atomic mass is 16.5. The molecule has 1 unspecified atom stereocenters. The highest BCUT2D eigenvalue weighted by Crippen LogP contribution is 2.34. The molecule has 0 bridgehead atoms. The van der Waals surface area contributed by atoms with Gasteiger partial charge < -0.3 is 24.4 Å². The topological polar surface area (TPSA) is 132 Å². The highest BCUT2D eigenvalue weighted by molar-refractivity contribution is 5.90. The van der Waals surface area contributed by atoms with E-state index in [2.05, 4.69) is 11.1 Å². The van der Waals surface area contributed by atoms with E-state index < -0.39 is 18.0 Å². The maximum Gasteiger partial charge on any atom is 0.325 e. The van der Waals surface area contributed by atoms with Gasteiger partial charge >= 0.3 is 11.9 Å². The van der Waals surface area contributed by atoms with E-state index in [0.717, 1.165) is 10.9 Å². The molecule has 0 saturated carbocycles. The van der Waals surface area contributed by atoms with Crippen LogP contribution in [0.15, 0.2) is 42.7 Å². The van der Waals surface area contributed by atoms with Crippen LogP contribution in [0.25, 0.3) is 10.9 Å². The molecule has 1 aliphatic rings. The monoisotopic (exact) mass is 463 g/mol. The molecule has 0 spiro atoms. The number of nitriles is 1. The minimum absolute atomic E-state index is 0.0725. The lowest BCUT2D eigenvalue weighted by Gasteiger charge is -2.38. The Bertz CT molecular complexity index is 1260. The van der Waals surface area contributed by atoms with Gasteiger partial charge in [-0.25, -0.2) is 4.98 Å². The van der Waals surface area contributed by atoms with Crippen molar-refractivity contribution in [2.24, 2.45) is 0 Å². The number of anilines is 1. The summed E-state index contributed by atoms with van der Waals surface area (Å²) < 4.78 is 7.14. The number of piperazine rings is 1. The summed E-state index contributed by atoms with van der Waals surface area (Å²) in [7, 11) is 1.54. The standard InChI is InChI=1S/C24H25N5O5/c1-34-17-4-5-20-18(13-17)19(15-29(20)8-6-21(30)31)22(24(32)33)27-9-11-28(12-10-27)23-16(14-25)3-2-7-26-23/h2-5,7,13,15,22H,6,8-12H2,1H3,(H,30,31)(H,32,33). The van der Waals surface area contributed by atoms with Crippen molar-refractivity contribution in [1.29, 1.82) is 5.26 Å². The van der Waals surface area contributed by atoms with Gasteiger partial charge in [-0.1, -0.05) is 0 Å². The SMILES string of the molecule is COc1ccc2c(c1)c(C(C(=O)O)N1CCN(c3ncccc3C#N)CC1)cn2CCC(=O)O. The average molecular weight is 463 g/mol. The predicted octanol–water partition coefficient (Wildman–Crippen LogP) is 2.34. The first kappa shape index (κ1) is 23.1. The third kappa shape index (κ3) is 4.51. The van der Waals surface area contributed by atoms with Gasteiger partial charge in [0.2, 0.25) is 0 Å². The van der Waals surface area contributed by atoms with Crippen LogP contribution in [0.2, 0.25) is 0 Å². The summed E-state index contributed by atoms with van der Waals surface area (Å²) >= 11 is 0. The van der Waals surface area contributed by atoms with Crippen molar-refractivity contribution >= 4 is 28.7 Å². The summed E-state index contributed by atoms with van der Waals surface area (Å²) in [6, 6.07) is 10.1. The average Bonchev–Trinajstić information content (AvgIpc) is 3.20. The molecule has 0 radical (unpaired) electrons. The first-order valence-corrected chi connectivity index (χ1v) is 10.9. The van der Waals surface area contributed by atoms with Gasteiger partial charge in [0.1, 0.15) is 23.7 Å². The lowest BCUT2D eigenvalue weighted by atomic mass is 10.0. The van der Waals surface area contributed by atoms with Crippen molar-refractivity contribution < 1.29 is 24.5 Å². The minimum atomic E-state index is -0.982. The summed E-state index contributed by atoms with van der Waals surface area (Å²) in [4.78, 5) is 31.8. The molecule has 1 aliphatic heterocycles. The van der Waals surface area contributed by atoms with Crippen LogP contribution in [0, 0.1) is 11.3 Å². The van der Waals surface area contributed by atoms with Crippen molar-refractivity contribution in [2.45, 2.75) is 19.0 Å². The smallest absolute Gasteiger partial charge is 0.325 e. The maximum atomic E-state index is 12.5. The van der Waals surface area contributed by atoms with E-state index in [4.69, 9.17) is 9.84 Å². The van der Waals surface area contributed by atoms with Gasteiger partial charge in [-0.15, -0.1) is 0 Å². The Morgan fingerprint density at radius 3 is 2.62 bits per heavy atom. The molecule has 3 aromatic rings. The molecule has 2 N–H and O–H groups in total. The summed E-state index contributed by atoms with van der Waals surface area (Å²) in [6.45, 7) is 2.20. The number of benzene rings is 1. The second-order valence-corrected chi connectivity index (χ2v) is 8.05. The fourth-order valence-electron chi connectivity index (χ4n) is 4.46. The van der Waals surface area contributed by atoms with Crippen molar-refractivity contribution in [3.63, 3.8) is 0 Å². The van der Waals surface area contributed by atoms with Crippen LogP contribution in [-0.4, -0.2) is 69.9 Å². The molecule has 1 aromatic carbocycles. The number of hydrogen-bond acceptors (Lipinski definition) is 7. The third-order valence-corrected chi connectivity index (χ3v) is 6.10. The molecule has 10 nitrogen and oxygen atoms in total. The number of ether oxygens (including phenoxy) is 1. The number of aromatic nitrogens is 2. The molecule has 34 heavy (non-hydrogen) atoms.